The molecule has 1 aromatic carbocycles. The Kier molecular flexibility index (Phi) is 6.08. The van der Waals surface area contributed by atoms with Gasteiger partial charge in [-0.25, -0.2) is 4.79 Å². The number of halogens is 2. The molecule has 0 bridgehead atoms. The van der Waals surface area contributed by atoms with Crippen LogP contribution >= 0.6 is 0 Å². The van der Waals surface area contributed by atoms with Gasteiger partial charge in [-0.3, -0.25) is 0 Å². The lowest BCUT2D eigenvalue weighted by atomic mass is 10.0. The SMILES string of the molecule is CCOC(=O)C(F)(F)[C@@H](N)c1ccc(N(CC)CC)cc1. The van der Waals surface area contributed by atoms with Gasteiger partial charge in [-0.1, -0.05) is 12.1 Å². The summed E-state index contributed by atoms with van der Waals surface area (Å²) in [6.45, 7) is 7.03. The van der Waals surface area contributed by atoms with Gasteiger partial charge in [0.25, 0.3) is 0 Å². The average molecular weight is 300 g/mol. The minimum Gasteiger partial charge on any atom is -0.462 e. The Balaban J connectivity index is 2.93. The van der Waals surface area contributed by atoms with Gasteiger partial charge in [0.15, 0.2) is 0 Å². The zero-order chi connectivity index (χ0) is 16.0. The van der Waals surface area contributed by atoms with Crippen molar-refractivity contribution in [3.63, 3.8) is 0 Å². The Morgan fingerprint density at radius 1 is 1.24 bits per heavy atom. The highest BCUT2D eigenvalue weighted by Crippen LogP contribution is 2.31. The zero-order valence-corrected chi connectivity index (χ0v) is 12.6. The van der Waals surface area contributed by atoms with E-state index in [4.69, 9.17) is 5.73 Å². The van der Waals surface area contributed by atoms with Crippen LogP contribution in [0, 0.1) is 0 Å². The Morgan fingerprint density at radius 2 is 1.76 bits per heavy atom. The highest BCUT2D eigenvalue weighted by Gasteiger charge is 2.47. The number of esters is 1. The van der Waals surface area contributed by atoms with Crippen LogP contribution in [0.25, 0.3) is 0 Å². The largest absolute Gasteiger partial charge is 0.462 e. The van der Waals surface area contributed by atoms with Gasteiger partial charge in [-0.15, -0.1) is 0 Å². The molecular formula is C15H22F2N2O2. The van der Waals surface area contributed by atoms with E-state index in [0.717, 1.165) is 18.8 Å². The van der Waals surface area contributed by atoms with Crippen molar-refractivity contribution in [1.29, 1.82) is 0 Å². The number of alkyl halides is 2. The van der Waals surface area contributed by atoms with Crippen molar-refractivity contribution in [2.45, 2.75) is 32.7 Å². The second-order valence-electron chi connectivity index (χ2n) is 4.58. The summed E-state index contributed by atoms with van der Waals surface area (Å²) in [6, 6.07) is 4.77. The molecule has 21 heavy (non-hydrogen) atoms. The van der Waals surface area contributed by atoms with Crippen LogP contribution in [0.15, 0.2) is 24.3 Å². The van der Waals surface area contributed by atoms with Gasteiger partial charge in [-0.2, -0.15) is 8.78 Å². The fourth-order valence-electron chi connectivity index (χ4n) is 2.04. The summed E-state index contributed by atoms with van der Waals surface area (Å²) in [6.07, 6.45) is 0. The predicted molar refractivity (Wildman–Crippen MR) is 78.5 cm³/mol. The Hall–Kier alpha value is -1.69. The molecule has 0 unspecified atom stereocenters. The summed E-state index contributed by atoms with van der Waals surface area (Å²) in [5.41, 5.74) is 6.66. The van der Waals surface area contributed by atoms with E-state index in [1.165, 1.54) is 19.1 Å². The number of benzene rings is 1. The summed E-state index contributed by atoms with van der Waals surface area (Å²) in [5, 5.41) is 0. The summed E-state index contributed by atoms with van der Waals surface area (Å²) in [7, 11) is 0. The lowest BCUT2D eigenvalue weighted by molar-refractivity contribution is -0.174. The third kappa shape index (κ3) is 3.91. The third-order valence-electron chi connectivity index (χ3n) is 3.32. The molecule has 0 saturated carbocycles. The predicted octanol–water partition coefficient (Wildman–Crippen LogP) is 2.73. The molecule has 0 spiro atoms. The monoisotopic (exact) mass is 300 g/mol. The number of ether oxygens (including phenoxy) is 1. The van der Waals surface area contributed by atoms with Crippen molar-refractivity contribution < 1.29 is 18.3 Å². The minimum atomic E-state index is -3.74. The van der Waals surface area contributed by atoms with Gasteiger partial charge in [0.05, 0.1) is 6.61 Å². The van der Waals surface area contributed by atoms with Crippen molar-refractivity contribution in [3.05, 3.63) is 29.8 Å². The molecule has 0 heterocycles. The Bertz CT molecular complexity index is 459. The Labute approximate surface area is 123 Å². The molecule has 0 amide bonds. The first-order valence-electron chi connectivity index (χ1n) is 7.03. The van der Waals surface area contributed by atoms with Crippen molar-refractivity contribution in [3.8, 4) is 0 Å². The highest BCUT2D eigenvalue weighted by molar-refractivity contribution is 5.79. The molecule has 0 aliphatic rings. The maximum Gasteiger partial charge on any atom is 0.379 e. The van der Waals surface area contributed by atoms with Crippen LogP contribution in [-0.2, 0) is 9.53 Å². The summed E-state index contributed by atoms with van der Waals surface area (Å²) in [5.74, 6) is -5.34. The molecule has 0 aliphatic heterocycles. The molecule has 2 N–H and O–H groups in total. The van der Waals surface area contributed by atoms with Crippen molar-refractivity contribution in [2.24, 2.45) is 5.73 Å². The molecule has 1 rings (SSSR count). The van der Waals surface area contributed by atoms with Crippen LogP contribution in [0.1, 0.15) is 32.4 Å². The van der Waals surface area contributed by atoms with E-state index >= 15 is 0 Å². The maximum absolute atomic E-state index is 13.9. The van der Waals surface area contributed by atoms with E-state index < -0.39 is 17.9 Å². The number of rotatable bonds is 7. The average Bonchev–Trinajstić information content (AvgIpc) is 2.48. The van der Waals surface area contributed by atoms with E-state index in [1.807, 2.05) is 13.8 Å². The molecule has 4 nitrogen and oxygen atoms in total. The van der Waals surface area contributed by atoms with Crippen molar-refractivity contribution in [1.82, 2.24) is 0 Å². The topological polar surface area (TPSA) is 55.6 Å². The van der Waals surface area contributed by atoms with Gasteiger partial charge >= 0.3 is 11.9 Å². The molecule has 0 aliphatic carbocycles. The van der Waals surface area contributed by atoms with Crippen LogP contribution < -0.4 is 10.6 Å². The lowest BCUT2D eigenvalue weighted by Crippen LogP contribution is -2.41. The van der Waals surface area contributed by atoms with Crippen molar-refractivity contribution >= 4 is 11.7 Å². The maximum atomic E-state index is 13.9. The first-order chi connectivity index (χ1) is 9.88. The number of carbonyl (C=O) groups excluding carboxylic acids is 1. The molecule has 0 saturated heterocycles. The summed E-state index contributed by atoms with van der Waals surface area (Å²) in [4.78, 5) is 13.4. The van der Waals surface area contributed by atoms with E-state index in [0.29, 0.717) is 0 Å². The quantitative estimate of drug-likeness (QED) is 0.787. The first kappa shape index (κ1) is 17.4. The molecule has 1 aromatic rings. The lowest BCUT2D eigenvalue weighted by Gasteiger charge is -2.24. The normalized spacial score (nSPS) is 12.9. The molecule has 6 heteroatoms. The van der Waals surface area contributed by atoms with Crippen LogP contribution in [0.4, 0.5) is 14.5 Å². The number of nitrogens with zero attached hydrogens (tertiary/aromatic N) is 1. The summed E-state index contributed by atoms with van der Waals surface area (Å²) < 4.78 is 32.1. The molecule has 0 fully saturated rings. The third-order valence-corrected chi connectivity index (χ3v) is 3.32. The van der Waals surface area contributed by atoms with Gasteiger partial charge in [-0.05, 0) is 38.5 Å². The zero-order valence-electron chi connectivity index (χ0n) is 12.6. The van der Waals surface area contributed by atoms with E-state index in [1.54, 1.807) is 12.1 Å². The fourth-order valence-corrected chi connectivity index (χ4v) is 2.04. The van der Waals surface area contributed by atoms with Gasteiger partial charge in [0.2, 0.25) is 0 Å². The second kappa shape index (κ2) is 7.36. The molecule has 0 radical (unpaired) electrons. The van der Waals surface area contributed by atoms with Crippen LogP contribution in [0.2, 0.25) is 0 Å². The smallest absolute Gasteiger partial charge is 0.379 e. The number of hydrogen-bond acceptors (Lipinski definition) is 4. The number of nitrogens with two attached hydrogens (primary N) is 1. The molecule has 1 atom stereocenters. The van der Waals surface area contributed by atoms with Gasteiger partial charge in [0.1, 0.15) is 6.04 Å². The minimum absolute atomic E-state index is 0.109. The van der Waals surface area contributed by atoms with Crippen molar-refractivity contribution in [2.75, 3.05) is 24.6 Å². The summed E-state index contributed by atoms with van der Waals surface area (Å²) >= 11 is 0. The van der Waals surface area contributed by atoms with E-state index in [9.17, 15) is 13.6 Å². The standard InChI is InChI=1S/C15H22F2N2O2/c1-4-19(5-2)12-9-7-11(8-10-12)13(18)15(16,17)14(20)21-6-3/h7-10,13H,4-6,18H2,1-3H3/t13-/m0/s1. The second-order valence-corrected chi connectivity index (χ2v) is 4.58. The van der Waals surface area contributed by atoms with Gasteiger partial charge in [0, 0.05) is 18.8 Å². The Morgan fingerprint density at radius 3 is 2.19 bits per heavy atom. The van der Waals surface area contributed by atoms with E-state index in [2.05, 4.69) is 9.64 Å². The highest BCUT2D eigenvalue weighted by atomic mass is 19.3. The molecule has 118 valence electrons. The number of anilines is 1. The fraction of sp³-hybridized carbons (Fsp3) is 0.533. The van der Waals surface area contributed by atoms with Crippen LogP contribution in [-0.4, -0.2) is 31.6 Å². The van der Waals surface area contributed by atoms with Crippen LogP contribution in [0.3, 0.4) is 0 Å². The molecular weight excluding hydrogens is 278 g/mol. The van der Waals surface area contributed by atoms with Gasteiger partial charge < -0.3 is 15.4 Å². The van der Waals surface area contributed by atoms with E-state index in [-0.39, 0.29) is 12.2 Å². The number of carbonyl (C=O) groups is 1. The molecule has 0 aromatic heterocycles. The number of hydrogen-bond donors (Lipinski definition) is 1. The van der Waals surface area contributed by atoms with Crippen LogP contribution in [0.5, 0.6) is 0 Å². The first-order valence-corrected chi connectivity index (χ1v) is 7.03.